The van der Waals surface area contributed by atoms with Crippen molar-refractivity contribution in [3.63, 3.8) is 0 Å². The van der Waals surface area contributed by atoms with E-state index >= 15 is 0 Å². The van der Waals surface area contributed by atoms with Gasteiger partial charge in [0.15, 0.2) is 11.5 Å². The largest absolute Gasteiger partial charge is 0.506 e. The van der Waals surface area contributed by atoms with Gasteiger partial charge < -0.3 is 5.11 Å². The van der Waals surface area contributed by atoms with Gasteiger partial charge in [0.05, 0.1) is 6.20 Å². The number of aromatic hydroxyl groups is 1. The van der Waals surface area contributed by atoms with Crippen LogP contribution in [-0.4, -0.2) is 30.7 Å². The van der Waals surface area contributed by atoms with E-state index in [9.17, 15) is 5.11 Å². The summed E-state index contributed by atoms with van der Waals surface area (Å²) in [5.41, 5.74) is 0.804. The number of nitrogens with zero attached hydrogens (tertiary/aromatic N) is 3. The third-order valence-electron chi connectivity index (χ3n) is 3.04. The highest BCUT2D eigenvalue weighted by Crippen LogP contribution is 2.27. The van der Waals surface area contributed by atoms with Crippen LogP contribution in [0, 0.1) is 0 Å². The molecule has 1 aliphatic heterocycles. The molecule has 2 aromatic rings. The lowest BCUT2D eigenvalue weighted by molar-refractivity contribution is 0.470. The summed E-state index contributed by atoms with van der Waals surface area (Å²) in [5, 5.41) is 14.4. The van der Waals surface area contributed by atoms with E-state index in [2.05, 4.69) is 10.1 Å². The van der Waals surface area contributed by atoms with Crippen molar-refractivity contribution in [3.8, 4) is 5.75 Å². The highest BCUT2D eigenvalue weighted by molar-refractivity contribution is 7.99. The SMILES string of the molecule is Oc1ccc2nc(CC3CCCCS3)nn2c1. The van der Waals surface area contributed by atoms with Gasteiger partial charge in [0, 0.05) is 11.7 Å². The van der Waals surface area contributed by atoms with E-state index < -0.39 is 0 Å². The van der Waals surface area contributed by atoms with Gasteiger partial charge in [0.2, 0.25) is 0 Å². The lowest BCUT2D eigenvalue weighted by Gasteiger charge is -2.19. The van der Waals surface area contributed by atoms with Crippen LogP contribution in [0.15, 0.2) is 18.3 Å². The fourth-order valence-corrected chi connectivity index (χ4v) is 3.48. The molecule has 1 aliphatic rings. The first kappa shape index (κ1) is 10.9. The molecule has 0 radical (unpaired) electrons. The number of hydrogen-bond acceptors (Lipinski definition) is 4. The average Bonchev–Trinajstić information content (AvgIpc) is 2.71. The summed E-state index contributed by atoms with van der Waals surface area (Å²) in [4.78, 5) is 4.48. The van der Waals surface area contributed by atoms with Gasteiger partial charge in [-0.05, 0) is 30.7 Å². The van der Waals surface area contributed by atoms with E-state index in [4.69, 9.17) is 0 Å². The molecule has 0 spiro atoms. The third kappa shape index (κ3) is 2.39. The summed E-state index contributed by atoms with van der Waals surface area (Å²) in [6, 6.07) is 3.43. The Morgan fingerprint density at radius 2 is 2.35 bits per heavy atom. The van der Waals surface area contributed by atoms with Gasteiger partial charge in [-0.15, -0.1) is 0 Å². The monoisotopic (exact) mass is 249 g/mol. The van der Waals surface area contributed by atoms with Gasteiger partial charge in [-0.25, -0.2) is 9.50 Å². The zero-order valence-electron chi connectivity index (χ0n) is 9.54. The van der Waals surface area contributed by atoms with Gasteiger partial charge in [0.1, 0.15) is 5.75 Å². The third-order valence-corrected chi connectivity index (χ3v) is 4.44. The maximum absolute atomic E-state index is 9.37. The molecule has 1 atom stereocenters. The van der Waals surface area contributed by atoms with Crippen LogP contribution in [0.5, 0.6) is 5.75 Å². The zero-order chi connectivity index (χ0) is 11.7. The van der Waals surface area contributed by atoms with E-state index in [0.717, 1.165) is 17.9 Å². The van der Waals surface area contributed by atoms with E-state index in [-0.39, 0.29) is 5.75 Å². The van der Waals surface area contributed by atoms with Gasteiger partial charge in [-0.3, -0.25) is 0 Å². The Kier molecular flexibility index (Phi) is 2.93. The second-order valence-corrected chi connectivity index (χ2v) is 5.82. The highest BCUT2D eigenvalue weighted by atomic mass is 32.2. The normalized spacial score (nSPS) is 20.8. The smallest absolute Gasteiger partial charge is 0.155 e. The Morgan fingerprint density at radius 1 is 1.41 bits per heavy atom. The molecule has 1 unspecified atom stereocenters. The molecule has 3 heterocycles. The number of aromatic nitrogens is 3. The van der Waals surface area contributed by atoms with E-state index in [0.29, 0.717) is 5.25 Å². The molecule has 0 aromatic carbocycles. The lowest BCUT2D eigenvalue weighted by Crippen LogP contribution is -2.13. The second-order valence-electron chi connectivity index (χ2n) is 4.41. The van der Waals surface area contributed by atoms with Crippen molar-refractivity contribution in [2.45, 2.75) is 30.9 Å². The van der Waals surface area contributed by atoms with Crippen LogP contribution in [0.1, 0.15) is 25.1 Å². The molecule has 0 amide bonds. The molecule has 2 aromatic heterocycles. The Hall–Kier alpha value is -1.23. The molecule has 0 aliphatic carbocycles. The highest BCUT2D eigenvalue weighted by Gasteiger charge is 2.16. The van der Waals surface area contributed by atoms with Gasteiger partial charge in [-0.1, -0.05) is 6.42 Å². The minimum Gasteiger partial charge on any atom is -0.506 e. The van der Waals surface area contributed by atoms with Crippen LogP contribution >= 0.6 is 11.8 Å². The Labute approximate surface area is 104 Å². The first-order chi connectivity index (χ1) is 8.31. The van der Waals surface area contributed by atoms with E-state index in [1.807, 2.05) is 11.8 Å². The topological polar surface area (TPSA) is 50.4 Å². The Bertz CT molecular complexity index is 519. The van der Waals surface area contributed by atoms with Crippen molar-refractivity contribution in [2.24, 2.45) is 0 Å². The van der Waals surface area contributed by atoms with E-state index in [1.165, 1.54) is 25.0 Å². The summed E-state index contributed by atoms with van der Waals surface area (Å²) in [5.74, 6) is 2.37. The minimum atomic E-state index is 0.223. The predicted octanol–water partition coefficient (Wildman–Crippen LogP) is 2.26. The molecular weight excluding hydrogens is 234 g/mol. The molecule has 17 heavy (non-hydrogen) atoms. The number of fused-ring (bicyclic) bond motifs is 1. The summed E-state index contributed by atoms with van der Waals surface area (Å²) in [6.45, 7) is 0. The van der Waals surface area contributed by atoms with Crippen LogP contribution in [-0.2, 0) is 6.42 Å². The fraction of sp³-hybridized carbons (Fsp3) is 0.500. The number of thioether (sulfide) groups is 1. The zero-order valence-corrected chi connectivity index (χ0v) is 10.4. The molecule has 90 valence electrons. The van der Waals surface area contributed by atoms with Crippen molar-refractivity contribution in [1.82, 2.24) is 14.6 Å². The molecule has 3 rings (SSSR count). The Morgan fingerprint density at radius 3 is 3.18 bits per heavy atom. The number of rotatable bonds is 2. The van der Waals surface area contributed by atoms with Crippen LogP contribution in [0.2, 0.25) is 0 Å². The summed E-state index contributed by atoms with van der Waals surface area (Å²) >= 11 is 2.03. The summed E-state index contributed by atoms with van der Waals surface area (Å²) < 4.78 is 1.65. The quantitative estimate of drug-likeness (QED) is 0.887. The minimum absolute atomic E-state index is 0.223. The first-order valence-corrected chi connectivity index (χ1v) is 7.02. The first-order valence-electron chi connectivity index (χ1n) is 5.97. The fourth-order valence-electron chi connectivity index (χ4n) is 2.18. The average molecular weight is 249 g/mol. The van der Waals surface area contributed by atoms with Crippen LogP contribution in [0.3, 0.4) is 0 Å². The molecule has 1 N–H and O–H groups in total. The standard InChI is InChI=1S/C12H15N3OS/c16-9-4-5-12-13-11(14-15(12)8-9)7-10-3-1-2-6-17-10/h4-5,8,10,16H,1-3,6-7H2. The summed E-state index contributed by atoms with van der Waals surface area (Å²) in [6.07, 6.45) is 6.47. The molecular formula is C12H15N3OS. The summed E-state index contributed by atoms with van der Waals surface area (Å²) in [7, 11) is 0. The maximum atomic E-state index is 9.37. The predicted molar refractivity (Wildman–Crippen MR) is 68.5 cm³/mol. The second kappa shape index (κ2) is 4.56. The molecule has 4 nitrogen and oxygen atoms in total. The van der Waals surface area contributed by atoms with Crippen molar-refractivity contribution >= 4 is 17.4 Å². The van der Waals surface area contributed by atoms with Gasteiger partial charge >= 0.3 is 0 Å². The number of hydrogen-bond donors (Lipinski definition) is 1. The molecule has 0 saturated carbocycles. The lowest BCUT2D eigenvalue weighted by atomic mass is 10.1. The van der Waals surface area contributed by atoms with Gasteiger partial charge in [-0.2, -0.15) is 16.9 Å². The van der Waals surface area contributed by atoms with E-state index in [1.54, 1.807) is 22.8 Å². The van der Waals surface area contributed by atoms with Crippen LogP contribution < -0.4 is 0 Å². The van der Waals surface area contributed by atoms with Crippen molar-refractivity contribution in [3.05, 3.63) is 24.2 Å². The van der Waals surface area contributed by atoms with Crippen LogP contribution in [0.25, 0.3) is 5.65 Å². The molecule has 5 heteroatoms. The van der Waals surface area contributed by atoms with Crippen molar-refractivity contribution < 1.29 is 5.11 Å². The van der Waals surface area contributed by atoms with Crippen molar-refractivity contribution in [2.75, 3.05) is 5.75 Å². The van der Waals surface area contributed by atoms with Gasteiger partial charge in [0.25, 0.3) is 0 Å². The Balaban J connectivity index is 1.80. The molecule has 0 bridgehead atoms. The van der Waals surface area contributed by atoms with Crippen molar-refractivity contribution in [1.29, 1.82) is 0 Å². The molecule has 1 saturated heterocycles. The maximum Gasteiger partial charge on any atom is 0.155 e. The molecule has 1 fully saturated rings. The van der Waals surface area contributed by atoms with Crippen LogP contribution in [0.4, 0.5) is 0 Å². The number of pyridine rings is 1.